The van der Waals surface area contributed by atoms with E-state index in [4.69, 9.17) is 4.74 Å². The van der Waals surface area contributed by atoms with Crippen LogP contribution in [0.25, 0.3) is 0 Å². The summed E-state index contributed by atoms with van der Waals surface area (Å²) in [5, 5.41) is 3.61. The molecule has 1 aromatic rings. The van der Waals surface area contributed by atoms with Crippen molar-refractivity contribution in [1.29, 1.82) is 0 Å². The summed E-state index contributed by atoms with van der Waals surface area (Å²) in [5.74, 6) is 1.64. The van der Waals surface area contributed by atoms with E-state index in [0.717, 1.165) is 18.2 Å². The average Bonchev–Trinajstić information content (AvgIpc) is 2.90. The number of aromatic nitrogens is 1. The Morgan fingerprint density at radius 1 is 1.33 bits per heavy atom. The van der Waals surface area contributed by atoms with Crippen molar-refractivity contribution in [2.24, 2.45) is 5.92 Å². The van der Waals surface area contributed by atoms with Gasteiger partial charge in [0.25, 0.3) is 0 Å². The smallest absolute Gasteiger partial charge is 0.137 e. The molecule has 1 aliphatic carbocycles. The van der Waals surface area contributed by atoms with Gasteiger partial charge in [0, 0.05) is 12.2 Å². The van der Waals surface area contributed by atoms with Gasteiger partial charge in [-0.1, -0.05) is 19.8 Å². The lowest BCUT2D eigenvalue weighted by atomic mass is 9.92. The Kier molecular flexibility index (Phi) is 5.00. The second-order valence-corrected chi connectivity index (χ2v) is 4.97. The normalized spacial score (nSPS) is 17.9. The van der Waals surface area contributed by atoms with Gasteiger partial charge in [0.05, 0.1) is 12.8 Å². The molecule has 0 aromatic carbocycles. The van der Waals surface area contributed by atoms with E-state index in [1.165, 1.54) is 31.2 Å². The largest absolute Gasteiger partial charge is 0.492 e. The Balaban J connectivity index is 2.15. The molecule has 0 bridgehead atoms. The monoisotopic (exact) mass is 248 g/mol. The maximum atomic E-state index is 5.55. The van der Waals surface area contributed by atoms with Crippen molar-refractivity contribution < 1.29 is 4.74 Å². The lowest BCUT2D eigenvalue weighted by Gasteiger charge is -2.24. The molecule has 1 unspecified atom stereocenters. The van der Waals surface area contributed by atoms with Gasteiger partial charge in [0.15, 0.2) is 0 Å². The molecule has 3 nitrogen and oxygen atoms in total. The van der Waals surface area contributed by atoms with Crippen molar-refractivity contribution >= 4 is 0 Å². The zero-order valence-corrected chi connectivity index (χ0v) is 11.5. The van der Waals surface area contributed by atoms with Crippen LogP contribution in [0.4, 0.5) is 0 Å². The fraction of sp³-hybridized carbons (Fsp3) is 0.667. The zero-order chi connectivity index (χ0) is 12.8. The fourth-order valence-electron chi connectivity index (χ4n) is 2.92. The first kappa shape index (κ1) is 13.3. The minimum Gasteiger partial charge on any atom is -0.492 e. The molecule has 1 heterocycles. The molecule has 0 aliphatic heterocycles. The van der Waals surface area contributed by atoms with Gasteiger partial charge in [-0.25, -0.2) is 0 Å². The second-order valence-electron chi connectivity index (χ2n) is 4.97. The third kappa shape index (κ3) is 3.22. The van der Waals surface area contributed by atoms with E-state index in [1.54, 1.807) is 6.20 Å². The average molecular weight is 248 g/mol. The summed E-state index contributed by atoms with van der Waals surface area (Å²) in [6.45, 7) is 5.87. The lowest BCUT2D eigenvalue weighted by Crippen LogP contribution is -2.27. The highest BCUT2D eigenvalue weighted by Gasteiger charge is 2.26. The van der Waals surface area contributed by atoms with Gasteiger partial charge in [-0.15, -0.1) is 0 Å². The summed E-state index contributed by atoms with van der Waals surface area (Å²) >= 11 is 0. The van der Waals surface area contributed by atoms with Crippen molar-refractivity contribution in [1.82, 2.24) is 10.3 Å². The molecule has 1 saturated carbocycles. The first-order valence-corrected chi connectivity index (χ1v) is 7.16. The van der Waals surface area contributed by atoms with E-state index in [0.29, 0.717) is 12.6 Å². The van der Waals surface area contributed by atoms with Crippen LogP contribution in [0.3, 0.4) is 0 Å². The fourth-order valence-corrected chi connectivity index (χ4v) is 2.92. The Labute approximate surface area is 110 Å². The van der Waals surface area contributed by atoms with Crippen LogP contribution in [0.5, 0.6) is 5.75 Å². The van der Waals surface area contributed by atoms with Crippen molar-refractivity contribution in [3.63, 3.8) is 0 Å². The lowest BCUT2D eigenvalue weighted by molar-refractivity contribution is 0.334. The molecule has 1 N–H and O–H groups in total. The van der Waals surface area contributed by atoms with Gasteiger partial charge in [-0.05, 0) is 43.9 Å². The van der Waals surface area contributed by atoms with Crippen molar-refractivity contribution in [2.75, 3.05) is 13.2 Å². The Morgan fingerprint density at radius 3 is 2.78 bits per heavy atom. The van der Waals surface area contributed by atoms with E-state index in [2.05, 4.69) is 23.3 Å². The van der Waals surface area contributed by atoms with Crippen LogP contribution in [-0.2, 0) is 0 Å². The van der Waals surface area contributed by atoms with Crippen molar-refractivity contribution in [3.8, 4) is 5.75 Å². The van der Waals surface area contributed by atoms with Gasteiger partial charge in [-0.2, -0.15) is 0 Å². The van der Waals surface area contributed by atoms with Crippen molar-refractivity contribution in [3.05, 3.63) is 24.0 Å². The molecule has 3 heteroatoms. The molecule has 0 saturated heterocycles. The van der Waals surface area contributed by atoms with Gasteiger partial charge >= 0.3 is 0 Å². The number of nitrogens with zero attached hydrogens (tertiary/aromatic N) is 1. The number of hydrogen-bond donors (Lipinski definition) is 1. The topological polar surface area (TPSA) is 34.2 Å². The van der Waals surface area contributed by atoms with Crippen LogP contribution < -0.4 is 10.1 Å². The maximum Gasteiger partial charge on any atom is 0.137 e. The minimum atomic E-state index is 0.436. The molecular weight excluding hydrogens is 224 g/mol. The molecule has 1 aromatic heterocycles. The first-order chi connectivity index (χ1) is 8.85. The third-order valence-corrected chi connectivity index (χ3v) is 3.70. The molecule has 0 spiro atoms. The Hall–Kier alpha value is -1.09. The van der Waals surface area contributed by atoms with Gasteiger partial charge in [-0.3, -0.25) is 4.98 Å². The molecule has 1 aliphatic rings. The number of pyridine rings is 1. The molecule has 100 valence electrons. The van der Waals surface area contributed by atoms with E-state index in [-0.39, 0.29) is 0 Å². The molecule has 1 atom stereocenters. The number of hydrogen-bond acceptors (Lipinski definition) is 3. The predicted octanol–water partition coefficient (Wildman–Crippen LogP) is 3.32. The Morgan fingerprint density at radius 2 is 2.11 bits per heavy atom. The van der Waals surface area contributed by atoms with E-state index in [1.807, 2.05) is 13.1 Å². The summed E-state index contributed by atoms with van der Waals surface area (Å²) < 4.78 is 5.55. The highest BCUT2D eigenvalue weighted by atomic mass is 16.5. The molecule has 1 fully saturated rings. The van der Waals surface area contributed by atoms with Gasteiger partial charge in [0.2, 0.25) is 0 Å². The summed E-state index contributed by atoms with van der Waals surface area (Å²) in [5.41, 5.74) is 1.27. The molecule has 0 amide bonds. The van der Waals surface area contributed by atoms with Crippen LogP contribution in [0.15, 0.2) is 18.5 Å². The number of ether oxygens (including phenoxy) is 1. The molecular formula is C15H24N2O. The SMILES string of the molecule is CCNC(c1cncc(OCC)c1)C1CCCC1. The first-order valence-electron chi connectivity index (χ1n) is 7.16. The second kappa shape index (κ2) is 6.74. The summed E-state index contributed by atoms with van der Waals surface area (Å²) in [6, 6.07) is 2.58. The van der Waals surface area contributed by atoms with E-state index >= 15 is 0 Å². The standard InChI is InChI=1S/C15H24N2O/c1-3-17-15(12-7-5-6-8-12)13-9-14(18-4-2)11-16-10-13/h9-12,15,17H,3-8H2,1-2H3. The zero-order valence-electron chi connectivity index (χ0n) is 11.5. The number of nitrogens with one attached hydrogen (secondary N) is 1. The maximum absolute atomic E-state index is 5.55. The Bertz CT molecular complexity index is 361. The van der Waals surface area contributed by atoms with E-state index < -0.39 is 0 Å². The molecule has 2 rings (SSSR count). The quantitative estimate of drug-likeness (QED) is 0.838. The van der Waals surface area contributed by atoms with Crippen LogP contribution >= 0.6 is 0 Å². The molecule has 18 heavy (non-hydrogen) atoms. The minimum absolute atomic E-state index is 0.436. The van der Waals surface area contributed by atoms with Crippen LogP contribution in [-0.4, -0.2) is 18.1 Å². The van der Waals surface area contributed by atoms with Gasteiger partial charge < -0.3 is 10.1 Å². The highest BCUT2D eigenvalue weighted by molar-refractivity contribution is 5.26. The predicted molar refractivity (Wildman–Crippen MR) is 73.8 cm³/mol. The van der Waals surface area contributed by atoms with Crippen molar-refractivity contribution in [2.45, 2.75) is 45.6 Å². The summed E-state index contributed by atoms with van der Waals surface area (Å²) in [6.07, 6.45) is 9.17. The number of rotatable bonds is 6. The van der Waals surface area contributed by atoms with Gasteiger partial charge in [0.1, 0.15) is 5.75 Å². The summed E-state index contributed by atoms with van der Waals surface area (Å²) in [7, 11) is 0. The summed E-state index contributed by atoms with van der Waals surface area (Å²) in [4.78, 5) is 4.31. The highest BCUT2D eigenvalue weighted by Crippen LogP contribution is 2.36. The van der Waals surface area contributed by atoms with E-state index in [9.17, 15) is 0 Å². The van der Waals surface area contributed by atoms with Crippen LogP contribution in [0, 0.1) is 5.92 Å². The van der Waals surface area contributed by atoms with Crippen LogP contribution in [0.2, 0.25) is 0 Å². The van der Waals surface area contributed by atoms with Crippen LogP contribution in [0.1, 0.15) is 51.1 Å². The third-order valence-electron chi connectivity index (χ3n) is 3.70. The molecule has 0 radical (unpaired) electrons.